The van der Waals surface area contributed by atoms with E-state index in [9.17, 15) is 35.1 Å². The topological polar surface area (TPSA) is 175 Å². The minimum Gasteiger partial charge on any atom is -0.454 e. The maximum Gasteiger partial charge on any atom is 0.306 e. The average Bonchev–Trinajstić information content (AvgIpc) is 3.36. The lowest BCUT2D eigenvalue weighted by molar-refractivity contribution is -0.305. The zero-order valence-electron chi connectivity index (χ0n) is 43.6. The number of ether oxygens (including phenoxy) is 3. The number of esters is 1. The van der Waals surface area contributed by atoms with Crippen molar-refractivity contribution in [2.24, 2.45) is 0 Å². The smallest absolute Gasteiger partial charge is 0.306 e. The zero-order chi connectivity index (χ0) is 51.1. The molecule has 0 aliphatic carbocycles. The van der Waals surface area contributed by atoms with E-state index < -0.39 is 67.4 Å². The maximum absolute atomic E-state index is 13.3. The number of hydrogen-bond acceptors (Lipinski definition) is 10. The molecular formula is C59H97NO10. The molecule has 1 amide bonds. The second kappa shape index (κ2) is 46.4. The lowest BCUT2D eigenvalue weighted by atomic mass is 9.99. The molecule has 1 fully saturated rings. The summed E-state index contributed by atoms with van der Waals surface area (Å²) in [6, 6.07) is -1.05. The molecule has 11 heteroatoms. The van der Waals surface area contributed by atoms with Crippen LogP contribution in [0.25, 0.3) is 0 Å². The van der Waals surface area contributed by atoms with E-state index in [4.69, 9.17) is 14.2 Å². The number of rotatable bonds is 43. The predicted octanol–water partition coefficient (Wildman–Crippen LogP) is 11.8. The Kier molecular flexibility index (Phi) is 42.6. The van der Waals surface area contributed by atoms with Crippen LogP contribution in [-0.4, -0.2) is 99.6 Å². The molecule has 0 saturated carbocycles. The quantitative estimate of drug-likeness (QED) is 0.0149. The molecule has 398 valence electrons. The molecule has 1 aliphatic rings. The minimum absolute atomic E-state index is 0.0365. The fraction of sp³-hybridized carbons (Fsp3) is 0.661. The van der Waals surface area contributed by atoms with E-state index in [1.807, 2.05) is 42.5 Å². The van der Waals surface area contributed by atoms with Crippen LogP contribution in [0.5, 0.6) is 0 Å². The molecule has 8 unspecified atom stereocenters. The first-order valence-corrected chi connectivity index (χ1v) is 27.2. The number of hydrogen-bond donors (Lipinski definition) is 6. The first-order valence-electron chi connectivity index (χ1n) is 27.2. The second-order valence-corrected chi connectivity index (χ2v) is 18.3. The van der Waals surface area contributed by atoms with E-state index in [0.29, 0.717) is 19.3 Å². The SMILES string of the molecule is CC/C=C\C/C=C\C/C=C\C/C=C\C/C=C\CCCC(=O)OC1C(OCC(NC(=O)C(O)CCCCCC\C=C/C=C/C=C/CC)C(O)/C=C/CCCCCCCCCCCC)OC(CO)C(O)C1O. The first kappa shape index (κ1) is 64.3. The van der Waals surface area contributed by atoms with Gasteiger partial charge in [-0.2, -0.15) is 0 Å². The molecule has 0 bridgehead atoms. The summed E-state index contributed by atoms with van der Waals surface area (Å²) in [5, 5.41) is 56.6. The molecule has 0 aromatic carbocycles. The van der Waals surface area contributed by atoms with Gasteiger partial charge < -0.3 is 45.1 Å². The Hall–Kier alpha value is -3.68. The molecule has 1 rings (SSSR count). The molecular weight excluding hydrogens is 883 g/mol. The molecule has 0 aromatic rings. The number of aliphatic hydroxyl groups is 5. The molecule has 1 aliphatic heterocycles. The summed E-state index contributed by atoms with van der Waals surface area (Å²) < 4.78 is 17.5. The highest BCUT2D eigenvalue weighted by molar-refractivity contribution is 5.80. The molecule has 8 atom stereocenters. The molecule has 0 aromatic heterocycles. The van der Waals surface area contributed by atoms with Crippen LogP contribution in [0.15, 0.2) is 109 Å². The van der Waals surface area contributed by atoms with Crippen molar-refractivity contribution in [3.8, 4) is 0 Å². The number of nitrogens with one attached hydrogen (secondary N) is 1. The number of aliphatic hydroxyl groups excluding tert-OH is 5. The fourth-order valence-corrected chi connectivity index (χ4v) is 7.68. The van der Waals surface area contributed by atoms with Crippen LogP contribution in [-0.2, 0) is 23.8 Å². The highest BCUT2D eigenvalue weighted by Gasteiger charge is 2.47. The van der Waals surface area contributed by atoms with Crippen molar-refractivity contribution < 1.29 is 49.3 Å². The van der Waals surface area contributed by atoms with Gasteiger partial charge in [0.1, 0.15) is 24.4 Å². The van der Waals surface area contributed by atoms with Gasteiger partial charge in [0.2, 0.25) is 5.91 Å². The van der Waals surface area contributed by atoms with E-state index in [-0.39, 0.29) is 19.4 Å². The third kappa shape index (κ3) is 34.6. The van der Waals surface area contributed by atoms with Crippen molar-refractivity contribution in [3.63, 3.8) is 0 Å². The summed E-state index contributed by atoms with van der Waals surface area (Å²) in [4.78, 5) is 26.4. The van der Waals surface area contributed by atoms with Gasteiger partial charge in [-0.25, -0.2) is 0 Å². The van der Waals surface area contributed by atoms with Gasteiger partial charge in [0.05, 0.1) is 25.4 Å². The number of allylic oxidation sites excluding steroid dienone is 17. The van der Waals surface area contributed by atoms with Crippen LogP contribution < -0.4 is 5.32 Å². The van der Waals surface area contributed by atoms with Crippen molar-refractivity contribution in [1.82, 2.24) is 5.32 Å². The van der Waals surface area contributed by atoms with Crippen LogP contribution in [0.2, 0.25) is 0 Å². The molecule has 0 spiro atoms. The third-order valence-corrected chi connectivity index (χ3v) is 12.0. The summed E-state index contributed by atoms with van der Waals surface area (Å²) in [6.07, 6.45) is 51.4. The summed E-state index contributed by atoms with van der Waals surface area (Å²) in [5.41, 5.74) is 0. The predicted molar refractivity (Wildman–Crippen MR) is 287 cm³/mol. The van der Waals surface area contributed by atoms with Gasteiger partial charge in [-0.3, -0.25) is 9.59 Å². The Morgan fingerprint density at radius 3 is 1.69 bits per heavy atom. The highest BCUT2D eigenvalue weighted by atomic mass is 16.7. The lowest BCUT2D eigenvalue weighted by Gasteiger charge is -2.41. The van der Waals surface area contributed by atoms with Crippen molar-refractivity contribution in [1.29, 1.82) is 0 Å². The van der Waals surface area contributed by atoms with E-state index in [1.165, 1.54) is 44.9 Å². The van der Waals surface area contributed by atoms with E-state index in [1.54, 1.807) is 6.08 Å². The zero-order valence-corrected chi connectivity index (χ0v) is 43.6. The molecule has 1 saturated heterocycles. The van der Waals surface area contributed by atoms with Crippen molar-refractivity contribution >= 4 is 11.9 Å². The first-order chi connectivity index (χ1) is 34.2. The van der Waals surface area contributed by atoms with Gasteiger partial charge in [-0.05, 0) is 83.5 Å². The Bertz CT molecular complexity index is 1550. The Morgan fingerprint density at radius 2 is 1.10 bits per heavy atom. The maximum atomic E-state index is 13.3. The van der Waals surface area contributed by atoms with Gasteiger partial charge in [0.25, 0.3) is 0 Å². The van der Waals surface area contributed by atoms with Crippen LogP contribution >= 0.6 is 0 Å². The normalized spacial score (nSPS) is 20.6. The van der Waals surface area contributed by atoms with Gasteiger partial charge >= 0.3 is 5.97 Å². The Labute approximate surface area is 424 Å². The van der Waals surface area contributed by atoms with E-state index in [2.05, 4.69) is 86.8 Å². The van der Waals surface area contributed by atoms with Crippen LogP contribution in [0, 0.1) is 0 Å². The van der Waals surface area contributed by atoms with Crippen LogP contribution in [0.4, 0.5) is 0 Å². The van der Waals surface area contributed by atoms with Crippen molar-refractivity contribution in [2.75, 3.05) is 13.2 Å². The van der Waals surface area contributed by atoms with Crippen molar-refractivity contribution in [2.45, 2.75) is 237 Å². The fourth-order valence-electron chi connectivity index (χ4n) is 7.68. The minimum atomic E-state index is -1.65. The largest absolute Gasteiger partial charge is 0.454 e. The molecule has 6 N–H and O–H groups in total. The number of unbranched alkanes of at least 4 members (excludes halogenated alkanes) is 15. The number of carbonyl (C=O) groups excluding carboxylic acids is 2. The third-order valence-electron chi connectivity index (χ3n) is 12.0. The summed E-state index contributed by atoms with van der Waals surface area (Å²) in [6.45, 7) is 5.45. The molecule has 1 heterocycles. The van der Waals surface area contributed by atoms with E-state index in [0.717, 1.165) is 89.9 Å². The van der Waals surface area contributed by atoms with Gasteiger partial charge in [-0.1, -0.05) is 207 Å². The number of amides is 1. The molecule has 0 radical (unpaired) electrons. The molecule has 11 nitrogen and oxygen atoms in total. The summed E-state index contributed by atoms with van der Waals surface area (Å²) in [7, 11) is 0. The highest BCUT2D eigenvalue weighted by Crippen LogP contribution is 2.26. The standard InChI is InChI=1S/C59H97NO10/c1-4-7-10-13-16-19-22-25-26-27-28-29-32-35-38-41-44-47-54(64)70-57-56(66)55(65)53(48-61)69-59(57)68-49-50(51(62)45-42-39-36-33-30-23-20-17-14-11-8-5-2)60-58(67)52(63)46-43-40-37-34-31-24-21-18-15-12-9-6-3/h7,9-10,12,15-16,18-19,21,24-26,28-29,35,38,42,45,50-53,55-57,59,61-63,65-66H,4-6,8,11,13-14,17,20,22-23,27,30-34,36-37,39-41,43-44,46-49H2,1-3H3,(H,60,67)/b10-7-,12-9+,18-15+,19-16-,24-21-,26-25-,29-28-,38-35-,45-42+. The van der Waals surface area contributed by atoms with Crippen LogP contribution in [0.1, 0.15) is 188 Å². The summed E-state index contributed by atoms with van der Waals surface area (Å²) >= 11 is 0. The molecule has 70 heavy (non-hydrogen) atoms. The average molecular weight is 980 g/mol. The van der Waals surface area contributed by atoms with Gasteiger partial charge in [0, 0.05) is 6.42 Å². The van der Waals surface area contributed by atoms with Crippen LogP contribution in [0.3, 0.4) is 0 Å². The Balaban J connectivity index is 2.81. The van der Waals surface area contributed by atoms with Gasteiger partial charge in [0.15, 0.2) is 12.4 Å². The summed E-state index contributed by atoms with van der Waals surface area (Å²) in [5.74, 6) is -1.29. The Morgan fingerprint density at radius 1 is 0.586 bits per heavy atom. The van der Waals surface area contributed by atoms with E-state index >= 15 is 0 Å². The van der Waals surface area contributed by atoms with Crippen molar-refractivity contribution in [3.05, 3.63) is 109 Å². The van der Waals surface area contributed by atoms with Gasteiger partial charge in [-0.15, -0.1) is 0 Å². The second-order valence-electron chi connectivity index (χ2n) is 18.3. The number of carbonyl (C=O) groups is 2. The monoisotopic (exact) mass is 980 g/mol. The lowest BCUT2D eigenvalue weighted by Crippen LogP contribution is -2.61.